The van der Waals surface area contributed by atoms with Crippen LogP contribution in [0.15, 0.2) is 23.1 Å². The molecular weight excluding hydrogens is 369 g/mol. The lowest BCUT2D eigenvalue weighted by atomic mass is 10.1. The molecule has 0 aliphatic carbocycles. The van der Waals surface area contributed by atoms with E-state index in [-0.39, 0.29) is 16.6 Å². The molecule has 1 aromatic carbocycles. The highest BCUT2D eigenvalue weighted by molar-refractivity contribution is 7.90. The number of hydrogen-bond acceptors (Lipinski definition) is 5. The Labute approximate surface area is 152 Å². The van der Waals surface area contributed by atoms with Crippen LogP contribution in [-0.2, 0) is 20.8 Å². The van der Waals surface area contributed by atoms with E-state index in [4.69, 9.17) is 4.74 Å². The summed E-state index contributed by atoms with van der Waals surface area (Å²) in [6, 6.07) is 3.38. The predicted molar refractivity (Wildman–Crippen MR) is 94.3 cm³/mol. The van der Waals surface area contributed by atoms with Crippen molar-refractivity contribution in [3.63, 3.8) is 0 Å². The molecule has 0 radical (unpaired) electrons. The maximum atomic E-state index is 13.5. The van der Waals surface area contributed by atoms with Crippen LogP contribution in [0.5, 0.6) is 0 Å². The molecule has 1 heterocycles. The third-order valence-corrected chi connectivity index (χ3v) is 5.81. The van der Waals surface area contributed by atoms with E-state index in [0.29, 0.717) is 26.2 Å². The zero-order valence-corrected chi connectivity index (χ0v) is 16.0. The first-order valence-electron chi connectivity index (χ1n) is 8.47. The fraction of sp³-hybridized carbons (Fsp3) is 0.647. The topological polar surface area (TPSA) is 49.9 Å². The average molecular weight is 394 g/mol. The third kappa shape index (κ3) is 4.89. The number of benzene rings is 1. The summed E-state index contributed by atoms with van der Waals surface area (Å²) in [7, 11) is -2.09. The number of nitrogens with zero attached hydrogens (tertiary/aromatic N) is 2. The van der Waals surface area contributed by atoms with Crippen LogP contribution >= 0.6 is 0 Å². The number of methoxy groups -OCH3 is 1. The van der Waals surface area contributed by atoms with Crippen LogP contribution in [0.3, 0.4) is 0 Å². The van der Waals surface area contributed by atoms with Crippen LogP contribution in [0.25, 0.3) is 0 Å². The summed E-state index contributed by atoms with van der Waals surface area (Å²) in [6.07, 6.45) is -2.90. The smallest absolute Gasteiger partial charge is 0.383 e. The molecule has 26 heavy (non-hydrogen) atoms. The van der Waals surface area contributed by atoms with E-state index in [1.54, 1.807) is 12.0 Å². The number of alkyl halides is 3. The minimum Gasteiger partial charge on any atom is -0.383 e. The van der Waals surface area contributed by atoms with Crippen molar-refractivity contribution in [1.82, 2.24) is 4.90 Å². The monoisotopic (exact) mass is 394 g/mol. The number of hydrogen-bond donors (Lipinski definition) is 0. The second-order valence-corrected chi connectivity index (χ2v) is 8.50. The van der Waals surface area contributed by atoms with Gasteiger partial charge in [0.25, 0.3) is 0 Å². The lowest BCUT2D eigenvalue weighted by Crippen LogP contribution is -2.54. The summed E-state index contributed by atoms with van der Waals surface area (Å²) in [5, 5.41) is 0. The van der Waals surface area contributed by atoms with Gasteiger partial charge in [-0.1, -0.05) is 6.92 Å². The van der Waals surface area contributed by atoms with Crippen LogP contribution in [0.2, 0.25) is 0 Å². The average Bonchev–Trinajstić information content (AvgIpc) is 2.57. The lowest BCUT2D eigenvalue weighted by Gasteiger charge is -2.42. The minimum atomic E-state index is -4.62. The Morgan fingerprint density at radius 1 is 1.27 bits per heavy atom. The predicted octanol–water partition coefficient (Wildman–Crippen LogP) is 2.66. The normalized spacial score (nSPS) is 19.8. The molecule has 1 aliphatic rings. The zero-order chi connectivity index (χ0) is 19.5. The summed E-state index contributed by atoms with van der Waals surface area (Å²) in [5.74, 6) is 0. The molecule has 5 nitrogen and oxygen atoms in total. The highest BCUT2D eigenvalue weighted by Crippen LogP contribution is 2.38. The van der Waals surface area contributed by atoms with Crippen molar-refractivity contribution in [1.29, 1.82) is 0 Å². The number of anilines is 1. The van der Waals surface area contributed by atoms with Gasteiger partial charge >= 0.3 is 6.18 Å². The van der Waals surface area contributed by atoms with Crippen molar-refractivity contribution in [3.05, 3.63) is 23.8 Å². The largest absolute Gasteiger partial charge is 0.418 e. The quantitative estimate of drug-likeness (QED) is 0.743. The first-order chi connectivity index (χ1) is 12.1. The Kier molecular flexibility index (Phi) is 6.57. The van der Waals surface area contributed by atoms with Gasteiger partial charge in [0.1, 0.15) is 0 Å². The summed E-state index contributed by atoms with van der Waals surface area (Å²) in [4.78, 5) is 3.60. The van der Waals surface area contributed by atoms with Gasteiger partial charge in [-0.15, -0.1) is 0 Å². The number of piperazine rings is 1. The molecule has 0 bridgehead atoms. The number of halogens is 3. The maximum absolute atomic E-state index is 13.5. The second kappa shape index (κ2) is 8.14. The van der Waals surface area contributed by atoms with Crippen molar-refractivity contribution in [2.75, 3.05) is 51.1 Å². The molecular formula is C17H25F3N2O3S. The van der Waals surface area contributed by atoms with Crippen LogP contribution in [0.4, 0.5) is 18.9 Å². The highest BCUT2D eigenvalue weighted by atomic mass is 32.2. The van der Waals surface area contributed by atoms with Crippen LogP contribution in [0, 0.1) is 0 Å². The fourth-order valence-electron chi connectivity index (χ4n) is 3.25. The Bertz CT molecular complexity index is 722. The molecule has 1 atom stereocenters. The molecule has 148 valence electrons. The van der Waals surface area contributed by atoms with Gasteiger partial charge in [0.05, 0.1) is 17.1 Å². The number of rotatable bonds is 6. The van der Waals surface area contributed by atoms with E-state index in [0.717, 1.165) is 25.3 Å². The van der Waals surface area contributed by atoms with Crippen LogP contribution in [0.1, 0.15) is 18.9 Å². The molecule has 2 rings (SSSR count). The summed E-state index contributed by atoms with van der Waals surface area (Å²) in [6.45, 7) is 4.86. The minimum absolute atomic E-state index is 0.0368. The Balaban J connectivity index is 2.33. The van der Waals surface area contributed by atoms with E-state index < -0.39 is 21.6 Å². The van der Waals surface area contributed by atoms with Gasteiger partial charge in [-0.2, -0.15) is 13.2 Å². The van der Waals surface area contributed by atoms with E-state index >= 15 is 0 Å². The van der Waals surface area contributed by atoms with Crippen molar-refractivity contribution >= 4 is 15.5 Å². The van der Waals surface area contributed by atoms with Crippen LogP contribution < -0.4 is 4.90 Å². The molecule has 1 aromatic rings. The molecule has 0 spiro atoms. The Morgan fingerprint density at radius 2 is 1.96 bits per heavy atom. The van der Waals surface area contributed by atoms with Crippen molar-refractivity contribution in [2.45, 2.75) is 30.5 Å². The molecule has 1 aliphatic heterocycles. The number of sulfone groups is 1. The molecule has 1 fully saturated rings. The van der Waals surface area contributed by atoms with Crippen molar-refractivity contribution in [3.8, 4) is 0 Å². The number of ether oxygens (including phenoxy) is 1. The van der Waals surface area contributed by atoms with E-state index in [9.17, 15) is 21.6 Å². The van der Waals surface area contributed by atoms with Gasteiger partial charge in [0, 0.05) is 51.3 Å². The second-order valence-electron chi connectivity index (χ2n) is 6.49. The first kappa shape index (κ1) is 21.0. The first-order valence-corrected chi connectivity index (χ1v) is 10.4. The summed E-state index contributed by atoms with van der Waals surface area (Å²) < 4.78 is 69.0. The molecule has 0 N–H and O–H groups in total. The van der Waals surface area contributed by atoms with Crippen molar-refractivity contribution < 1.29 is 26.3 Å². The van der Waals surface area contributed by atoms with Gasteiger partial charge in [-0.3, -0.25) is 4.90 Å². The van der Waals surface area contributed by atoms with Gasteiger partial charge in [0.2, 0.25) is 0 Å². The molecule has 9 heteroatoms. The fourth-order valence-corrected chi connectivity index (χ4v) is 3.90. The van der Waals surface area contributed by atoms with E-state index in [1.807, 2.05) is 6.92 Å². The van der Waals surface area contributed by atoms with Gasteiger partial charge in [-0.05, 0) is 24.6 Å². The third-order valence-electron chi connectivity index (χ3n) is 4.70. The summed E-state index contributed by atoms with van der Waals surface area (Å²) in [5.41, 5.74) is -0.865. The van der Waals surface area contributed by atoms with Crippen molar-refractivity contribution in [2.24, 2.45) is 0 Å². The van der Waals surface area contributed by atoms with Crippen LogP contribution in [-0.4, -0.2) is 65.5 Å². The zero-order valence-electron chi connectivity index (χ0n) is 15.2. The Hall–Kier alpha value is -1.32. The molecule has 0 aromatic heterocycles. The molecule has 0 saturated carbocycles. The molecule has 0 unspecified atom stereocenters. The molecule has 1 saturated heterocycles. The molecule has 0 amide bonds. The standard InChI is InChI=1S/C17H25F3N2O3S/c1-4-13-12-22(8-7-21(13)9-10-25-2)16-6-5-14(26(3,23)24)11-15(16)17(18,19)20/h5-6,11,13H,4,7-10,12H2,1-3H3/t13-/m0/s1. The summed E-state index contributed by atoms with van der Waals surface area (Å²) >= 11 is 0. The van der Waals surface area contributed by atoms with Gasteiger partial charge in [0.15, 0.2) is 9.84 Å². The van der Waals surface area contributed by atoms with E-state index in [2.05, 4.69) is 4.90 Å². The lowest BCUT2D eigenvalue weighted by molar-refractivity contribution is -0.137. The SMILES string of the molecule is CC[C@H]1CN(c2ccc(S(C)(=O)=O)cc2C(F)(F)F)CCN1CCOC. The van der Waals surface area contributed by atoms with Gasteiger partial charge in [-0.25, -0.2) is 8.42 Å². The van der Waals surface area contributed by atoms with Gasteiger partial charge < -0.3 is 9.64 Å². The highest BCUT2D eigenvalue weighted by Gasteiger charge is 2.37. The Morgan fingerprint density at radius 3 is 2.50 bits per heavy atom. The maximum Gasteiger partial charge on any atom is 0.418 e. The van der Waals surface area contributed by atoms with E-state index in [1.165, 1.54) is 12.1 Å².